The Kier molecular flexibility index (Phi) is 13.8. The van der Waals surface area contributed by atoms with Gasteiger partial charge in [-0.2, -0.15) is 15.6 Å². The Morgan fingerprint density at radius 3 is 1.17 bits per heavy atom. The van der Waals surface area contributed by atoms with Gasteiger partial charge in [-0.15, -0.1) is 30.6 Å². The Morgan fingerprint density at radius 2 is 0.768 bits per heavy atom. The first-order valence-corrected chi connectivity index (χ1v) is 21.5. The summed E-state index contributed by atoms with van der Waals surface area (Å²) in [6.07, 6.45) is 1.86. The molecule has 0 unspecified atom stereocenters. The number of aryl methyl sites for hydroxylation is 5. The zero-order valence-corrected chi connectivity index (χ0v) is 37.5. The molecule has 69 heavy (non-hydrogen) atoms. The summed E-state index contributed by atoms with van der Waals surface area (Å²) in [5, 5.41) is 41.4. The Morgan fingerprint density at radius 1 is 0.406 bits per heavy atom. The number of hydrogen-bond acceptors (Lipinski definition) is 15. The molecule has 0 aliphatic rings. The van der Waals surface area contributed by atoms with Crippen LogP contribution in [0.3, 0.4) is 0 Å². The molecule has 8 heterocycles. The highest BCUT2D eigenvalue weighted by Gasteiger charge is 2.09. The van der Waals surface area contributed by atoms with E-state index in [1.165, 1.54) is 0 Å². The van der Waals surface area contributed by atoms with E-state index in [4.69, 9.17) is 5.73 Å². The molecule has 10 N–H and O–H groups in total. The van der Waals surface area contributed by atoms with Crippen LogP contribution in [0.4, 0.5) is 5.69 Å². The van der Waals surface area contributed by atoms with Gasteiger partial charge in [0.25, 0.3) is 0 Å². The normalized spacial score (nSPS) is 10.7. The smallest absolute Gasteiger partial charge is 0.204 e. The summed E-state index contributed by atoms with van der Waals surface area (Å²) in [6, 6.07) is 31.2. The lowest BCUT2D eigenvalue weighted by Gasteiger charge is -1.93. The zero-order valence-electron chi connectivity index (χ0n) is 37.5. The van der Waals surface area contributed by atoms with Crippen LogP contribution < -0.4 is 5.73 Å². The van der Waals surface area contributed by atoms with E-state index < -0.39 is 0 Å². The van der Waals surface area contributed by atoms with Crippen LogP contribution in [0.5, 0.6) is 0 Å². The van der Waals surface area contributed by atoms with Crippen molar-refractivity contribution in [1.82, 2.24) is 112 Å². The number of rotatable bonds is 5. The van der Waals surface area contributed by atoms with E-state index in [2.05, 4.69) is 126 Å². The molecule has 0 atom stereocenters. The van der Waals surface area contributed by atoms with Crippen molar-refractivity contribution in [2.75, 3.05) is 5.73 Å². The number of fused-ring (bicyclic) bond motifs is 5. The van der Waals surface area contributed by atoms with Crippen LogP contribution in [0.2, 0.25) is 0 Å². The Hall–Kier alpha value is -9.54. The summed E-state index contributed by atoms with van der Waals surface area (Å²) in [5.41, 5.74) is 19.1. The molecule has 5 aromatic carbocycles. The molecule has 23 nitrogen and oxygen atoms in total. The molecule has 0 fully saturated rings. The molecule has 13 rings (SSSR count). The number of aromatic amines is 8. The summed E-state index contributed by atoms with van der Waals surface area (Å²) in [6.45, 7) is 9.94. The van der Waals surface area contributed by atoms with Gasteiger partial charge in [-0.05, 0) is 121 Å². The van der Waals surface area contributed by atoms with E-state index >= 15 is 0 Å². The second kappa shape index (κ2) is 20.7. The van der Waals surface area contributed by atoms with Crippen molar-refractivity contribution in [3.05, 3.63) is 126 Å². The van der Waals surface area contributed by atoms with Crippen LogP contribution in [0, 0.1) is 20.8 Å². The first-order valence-electron chi connectivity index (χ1n) is 21.5. The maximum atomic E-state index is 5.59. The molecule has 0 saturated heterocycles. The van der Waals surface area contributed by atoms with Crippen LogP contribution in [0.15, 0.2) is 97.1 Å². The van der Waals surface area contributed by atoms with E-state index in [0.717, 1.165) is 120 Å². The highest BCUT2D eigenvalue weighted by molar-refractivity contribution is 5.82. The monoisotopic (exact) mass is 923 g/mol. The number of aromatic nitrogens is 22. The predicted octanol–water partition coefficient (Wildman–Crippen LogP) is 7.62. The minimum absolute atomic E-state index is 0. The van der Waals surface area contributed by atoms with Crippen LogP contribution >= 0.6 is 0 Å². The van der Waals surface area contributed by atoms with Gasteiger partial charge in [0.1, 0.15) is 29.1 Å². The molecule has 8 aromatic heterocycles. The Bertz CT molecular complexity index is 3520. The van der Waals surface area contributed by atoms with Crippen molar-refractivity contribution in [1.29, 1.82) is 0 Å². The molecule has 348 valence electrons. The van der Waals surface area contributed by atoms with Gasteiger partial charge in [-0.1, -0.05) is 33.4 Å². The highest BCUT2D eigenvalue weighted by Crippen LogP contribution is 2.22. The van der Waals surface area contributed by atoms with Crippen molar-refractivity contribution >= 4 is 60.9 Å². The van der Waals surface area contributed by atoms with E-state index in [-0.39, 0.29) is 7.43 Å². The van der Waals surface area contributed by atoms with Crippen LogP contribution in [0.25, 0.3) is 89.3 Å². The quantitative estimate of drug-likeness (QED) is 0.0749. The summed E-state index contributed by atoms with van der Waals surface area (Å²) in [5.74, 6) is 6.53. The molecule has 0 radical (unpaired) electrons. The molecule has 0 aliphatic heterocycles. The third-order valence-electron chi connectivity index (χ3n) is 10.3. The van der Waals surface area contributed by atoms with Gasteiger partial charge < -0.3 is 30.7 Å². The largest absolute Gasteiger partial charge is 0.399 e. The average molecular weight is 924 g/mol. The number of nitrogen functional groups attached to an aromatic ring is 1. The third-order valence-corrected chi connectivity index (χ3v) is 10.3. The summed E-state index contributed by atoms with van der Waals surface area (Å²) in [7, 11) is 0. The van der Waals surface area contributed by atoms with Gasteiger partial charge in [0.05, 0.1) is 55.2 Å². The number of nitrogens with two attached hydrogens (primary N) is 1. The van der Waals surface area contributed by atoms with Crippen LogP contribution in [-0.4, -0.2) is 112 Å². The van der Waals surface area contributed by atoms with E-state index in [0.29, 0.717) is 17.5 Å². The van der Waals surface area contributed by atoms with Gasteiger partial charge in [0, 0.05) is 35.2 Å². The van der Waals surface area contributed by atoms with E-state index in [1.807, 2.05) is 118 Å². The predicted molar refractivity (Wildman–Crippen MR) is 264 cm³/mol. The first-order chi connectivity index (χ1) is 33.2. The molecule has 0 aliphatic carbocycles. The number of nitrogens with one attached hydrogen (secondary N) is 8. The summed E-state index contributed by atoms with van der Waals surface area (Å²) < 4.78 is 0. The minimum Gasteiger partial charge on any atom is -0.399 e. The molecule has 23 heteroatoms. The molecule has 0 bridgehead atoms. The third kappa shape index (κ3) is 10.9. The lowest BCUT2D eigenvalue weighted by molar-refractivity contribution is 0.881. The first kappa shape index (κ1) is 46.0. The molecular formula is C46H49N23. The molecule has 13 aromatic rings. The Labute approximate surface area is 392 Å². The Balaban J connectivity index is 0.000000117. The zero-order chi connectivity index (χ0) is 47.0. The number of hydrogen-bond donors (Lipinski definition) is 9. The molecule has 0 spiro atoms. The summed E-state index contributed by atoms with van der Waals surface area (Å²) >= 11 is 0. The van der Waals surface area contributed by atoms with Crippen molar-refractivity contribution in [2.45, 2.75) is 54.9 Å². The fourth-order valence-corrected chi connectivity index (χ4v) is 7.10. The van der Waals surface area contributed by atoms with E-state index in [9.17, 15) is 0 Å². The molecule has 0 amide bonds. The topological polar surface area (TPSA) is 333 Å². The molecular weight excluding hydrogens is 875 g/mol. The van der Waals surface area contributed by atoms with Gasteiger partial charge >= 0.3 is 0 Å². The average Bonchev–Trinajstić information content (AvgIpc) is 4.21. The number of nitrogens with zero attached hydrogens (tertiary/aromatic N) is 14. The van der Waals surface area contributed by atoms with Crippen molar-refractivity contribution in [3.63, 3.8) is 0 Å². The van der Waals surface area contributed by atoms with E-state index in [1.54, 1.807) is 0 Å². The highest BCUT2D eigenvalue weighted by atomic mass is 15.5. The lowest BCUT2D eigenvalue weighted by Crippen LogP contribution is -1.82. The fraction of sp³-hybridized carbons (Fsp3) is 0.174. The van der Waals surface area contributed by atoms with Crippen LogP contribution in [0.1, 0.15) is 50.4 Å². The molecule has 0 saturated carbocycles. The van der Waals surface area contributed by atoms with Crippen molar-refractivity contribution in [3.8, 4) is 34.2 Å². The lowest BCUT2D eigenvalue weighted by atomic mass is 10.2. The van der Waals surface area contributed by atoms with Crippen LogP contribution in [-0.2, 0) is 12.8 Å². The van der Waals surface area contributed by atoms with Gasteiger partial charge in [0.15, 0.2) is 0 Å². The number of tetrazole rings is 3. The second-order valence-electron chi connectivity index (χ2n) is 15.2. The van der Waals surface area contributed by atoms with Gasteiger partial charge in [-0.3, -0.25) is 0 Å². The maximum absolute atomic E-state index is 5.59. The number of benzene rings is 5. The second-order valence-corrected chi connectivity index (χ2v) is 15.2. The van der Waals surface area contributed by atoms with Crippen molar-refractivity contribution in [2.24, 2.45) is 0 Å². The number of imidazole rings is 5. The number of anilines is 1. The van der Waals surface area contributed by atoms with Gasteiger partial charge in [0.2, 0.25) is 17.5 Å². The standard InChI is InChI=1S/C10H10N6.2C9H8N6.C9H10N2.C8H9N3.CH4/c1-2-9-11-7-4-3-6(5-8(7)12-9)10-13-15-16-14-10;2*1-5-10-7-3-2-6(4-8(7)11-5)9-12-14-15-13-9;1-2-9-10-7-5-3-4-6-8(7)11-9;1-5-10-7-3-2-6(9)4-8(7)11-5;/h3-5H,2H2,1H3,(H,11,12)(H,13,14,15,16);2*2-4H,1H3,(H,10,11)(H,12,13,14,15);3-6H,2H2,1H3,(H,10,11);2-4H,9H2,1H3,(H,10,11);1H4. The number of H-pyrrole nitrogens is 8. The van der Waals surface area contributed by atoms with Gasteiger partial charge in [-0.25, -0.2) is 24.9 Å². The number of para-hydroxylation sites is 2. The maximum Gasteiger partial charge on any atom is 0.204 e. The fourth-order valence-electron chi connectivity index (χ4n) is 7.10. The SMILES string of the molecule is C.CCc1nc2ccc(-c3nn[nH]n3)cc2[nH]1.CCc1nc2ccccc2[nH]1.Cc1nc2ccc(-c3nn[nH]n3)cc2[nH]1.Cc1nc2ccc(-c3nn[nH]n3)cc2[nH]1.Cc1nc2ccc(N)cc2[nH]1. The van der Waals surface area contributed by atoms with Crippen molar-refractivity contribution < 1.29 is 0 Å². The minimum atomic E-state index is 0. The summed E-state index contributed by atoms with van der Waals surface area (Å²) in [4.78, 5) is 37.6.